The van der Waals surface area contributed by atoms with Crippen molar-refractivity contribution in [3.8, 4) is 5.88 Å². The Kier molecular flexibility index (Phi) is 4.32. The fraction of sp³-hybridized carbons (Fsp3) is 0.692. The van der Waals surface area contributed by atoms with Crippen molar-refractivity contribution >= 4 is 5.82 Å². The summed E-state index contributed by atoms with van der Waals surface area (Å²) in [6.07, 6.45) is 1.74. The third kappa shape index (κ3) is 3.32. The van der Waals surface area contributed by atoms with Crippen LogP contribution in [0, 0.1) is 6.92 Å². The van der Waals surface area contributed by atoms with Gasteiger partial charge in [0.1, 0.15) is 17.2 Å². The van der Waals surface area contributed by atoms with Crippen molar-refractivity contribution in [2.45, 2.75) is 53.1 Å². The van der Waals surface area contributed by atoms with Crippen LogP contribution < -0.4 is 10.1 Å². The van der Waals surface area contributed by atoms with Crippen molar-refractivity contribution in [1.82, 2.24) is 9.97 Å². The first-order valence-electron chi connectivity index (χ1n) is 6.17. The Morgan fingerprint density at radius 2 is 1.88 bits per heavy atom. The first-order valence-corrected chi connectivity index (χ1v) is 6.17. The predicted molar refractivity (Wildman–Crippen MR) is 70.7 cm³/mol. The molecule has 0 amide bonds. The number of nitrogens with one attached hydrogen (secondary N) is 1. The molecule has 1 heterocycles. The van der Waals surface area contributed by atoms with Crippen LogP contribution in [-0.2, 0) is 6.42 Å². The van der Waals surface area contributed by atoms with E-state index in [0.29, 0.717) is 5.88 Å². The van der Waals surface area contributed by atoms with Gasteiger partial charge in [-0.2, -0.15) is 4.98 Å². The summed E-state index contributed by atoms with van der Waals surface area (Å²) in [5, 5.41) is 3.08. The molecule has 0 saturated heterocycles. The first-order chi connectivity index (χ1) is 7.93. The van der Waals surface area contributed by atoms with E-state index in [1.54, 1.807) is 0 Å². The predicted octanol–water partition coefficient (Wildman–Crippen LogP) is 2.96. The average molecular weight is 237 g/mol. The summed E-state index contributed by atoms with van der Waals surface area (Å²) < 4.78 is 5.98. The fourth-order valence-electron chi connectivity index (χ4n) is 1.38. The molecule has 0 aromatic carbocycles. The Morgan fingerprint density at radius 3 is 2.35 bits per heavy atom. The number of hydrogen-bond acceptors (Lipinski definition) is 4. The molecular weight excluding hydrogens is 214 g/mol. The zero-order chi connectivity index (χ0) is 13.1. The minimum atomic E-state index is -0.199. The topological polar surface area (TPSA) is 47.0 Å². The second-order valence-electron chi connectivity index (χ2n) is 4.74. The van der Waals surface area contributed by atoms with E-state index in [1.165, 1.54) is 0 Å². The van der Waals surface area contributed by atoms with E-state index in [0.717, 1.165) is 30.0 Å². The number of hydrogen-bond donors (Lipinski definition) is 1. The summed E-state index contributed by atoms with van der Waals surface area (Å²) >= 11 is 0. The average Bonchev–Trinajstić information content (AvgIpc) is 2.31. The molecule has 1 rings (SSSR count). The number of nitrogens with zero attached hydrogens (tertiary/aromatic N) is 2. The third-order valence-electron chi connectivity index (χ3n) is 2.92. The zero-order valence-electron chi connectivity index (χ0n) is 11.7. The van der Waals surface area contributed by atoms with Crippen molar-refractivity contribution in [2.75, 3.05) is 12.4 Å². The maximum absolute atomic E-state index is 5.98. The van der Waals surface area contributed by atoms with E-state index >= 15 is 0 Å². The molecule has 0 atom stereocenters. The molecule has 1 aromatic rings. The lowest BCUT2D eigenvalue weighted by Crippen LogP contribution is -2.28. The summed E-state index contributed by atoms with van der Waals surface area (Å²) in [6.45, 7) is 10.3. The van der Waals surface area contributed by atoms with Gasteiger partial charge in [0.2, 0.25) is 5.88 Å². The molecule has 96 valence electrons. The van der Waals surface area contributed by atoms with Gasteiger partial charge in [-0.1, -0.05) is 13.8 Å². The number of rotatable bonds is 5. The maximum atomic E-state index is 5.98. The second kappa shape index (κ2) is 5.34. The lowest BCUT2D eigenvalue weighted by atomic mass is 10.1. The highest BCUT2D eigenvalue weighted by Crippen LogP contribution is 2.26. The second-order valence-corrected chi connectivity index (χ2v) is 4.74. The molecule has 0 fully saturated rings. The molecule has 0 unspecified atom stereocenters. The van der Waals surface area contributed by atoms with Crippen molar-refractivity contribution in [2.24, 2.45) is 0 Å². The monoisotopic (exact) mass is 237 g/mol. The van der Waals surface area contributed by atoms with Crippen molar-refractivity contribution in [3.63, 3.8) is 0 Å². The van der Waals surface area contributed by atoms with Crippen molar-refractivity contribution in [3.05, 3.63) is 11.4 Å². The summed E-state index contributed by atoms with van der Waals surface area (Å²) in [7, 11) is 1.86. The summed E-state index contributed by atoms with van der Waals surface area (Å²) in [5.41, 5.74) is 0.765. The Bertz CT molecular complexity index is 388. The molecule has 0 aliphatic rings. The van der Waals surface area contributed by atoms with Gasteiger partial charge in [0.05, 0.1) is 5.56 Å². The van der Waals surface area contributed by atoms with Crippen LogP contribution in [0.15, 0.2) is 0 Å². The van der Waals surface area contributed by atoms with Crippen LogP contribution in [0.2, 0.25) is 0 Å². The minimum Gasteiger partial charge on any atom is -0.471 e. The Labute approximate surface area is 104 Å². The molecule has 0 bridgehead atoms. The highest BCUT2D eigenvalue weighted by molar-refractivity contribution is 5.48. The van der Waals surface area contributed by atoms with Crippen LogP contribution >= 0.6 is 0 Å². The molecule has 4 nitrogen and oxygen atoms in total. The van der Waals surface area contributed by atoms with E-state index in [2.05, 4.69) is 36.1 Å². The van der Waals surface area contributed by atoms with Crippen LogP contribution in [0.3, 0.4) is 0 Å². The van der Waals surface area contributed by atoms with Crippen LogP contribution in [-0.4, -0.2) is 22.6 Å². The lowest BCUT2D eigenvalue weighted by Gasteiger charge is -2.25. The molecule has 0 spiro atoms. The molecular formula is C13H23N3O. The third-order valence-corrected chi connectivity index (χ3v) is 2.92. The Hall–Kier alpha value is -1.32. The number of aromatic nitrogens is 2. The van der Waals surface area contributed by atoms with Crippen LogP contribution in [0.25, 0.3) is 0 Å². The van der Waals surface area contributed by atoms with Crippen molar-refractivity contribution < 1.29 is 4.74 Å². The van der Waals surface area contributed by atoms with E-state index in [1.807, 2.05) is 20.9 Å². The van der Waals surface area contributed by atoms with Gasteiger partial charge in [0.15, 0.2) is 0 Å². The Morgan fingerprint density at radius 1 is 1.24 bits per heavy atom. The zero-order valence-corrected chi connectivity index (χ0v) is 11.7. The molecule has 0 saturated carbocycles. The van der Waals surface area contributed by atoms with Gasteiger partial charge in [-0.15, -0.1) is 0 Å². The summed E-state index contributed by atoms with van der Waals surface area (Å²) in [6, 6.07) is 0. The van der Waals surface area contributed by atoms with E-state index in [4.69, 9.17) is 4.74 Å². The smallest absolute Gasteiger partial charge is 0.222 e. The SMILES string of the molecule is CCc1nc(NC)c(C)c(OC(C)(C)CC)n1. The van der Waals surface area contributed by atoms with Gasteiger partial charge in [-0.3, -0.25) is 0 Å². The van der Waals surface area contributed by atoms with Gasteiger partial charge in [-0.05, 0) is 27.2 Å². The van der Waals surface area contributed by atoms with Gasteiger partial charge in [0, 0.05) is 13.5 Å². The molecule has 1 N–H and O–H groups in total. The van der Waals surface area contributed by atoms with E-state index in [-0.39, 0.29) is 5.60 Å². The fourth-order valence-corrected chi connectivity index (χ4v) is 1.38. The highest BCUT2D eigenvalue weighted by Gasteiger charge is 2.20. The van der Waals surface area contributed by atoms with Crippen LogP contribution in [0.1, 0.15) is 45.5 Å². The molecule has 0 aliphatic carbocycles. The molecule has 0 aliphatic heterocycles. The molecule has 17 heavy (non-hydrogen) atoms. The van der Waals surface area contributed by atoms with E-state index in [9.17, 15) is 0 Å². The number of anilines is 1. The molecule has 1 aromatic heterocycles. The summed E-state index contributed by atoms with van der Waals surface area (Å²) in [4.78, 5) is 8.88. The van der Waals surface area contributed by atoms with Crippen LogP contribution in [0.5, 0.6) is 5.88 Å². The van der Waals surface area contributed by atoms with Crippen LogP contribution in [0.4, 0.5) is 5.82 Å². The van der Waals surface area contributed by atoms with Gasteiger partial charge in [0.25, 0.3) is 0 Å². The quantitative estimate of drug-likeness (QED) is 0.855. The minimum absolute atomic E-state index is 0.199. The normalized spacial score (nSPS) is 11.4. The first kappa shape index (κ1) is 13.7. The summed E-state index contributed by atoms with van der Waals surface area (Å²) in [5.74, 6) is 2.34. The molecule has 4 heteroatoms. The largest absolute Gasteiger partial charge is 0.471 e. The molecule has 0 radical (unpaired) electrons. The highest BCUT2D eigenvalue weighted by atomic mass is 16.5. The van der Waals surface area contributed by atoms with Gasteiger partial charge >= 0.3 is 0 Å². The van der Waals surface area contributed by atoms with Crippen molar-refractivity contribution in [1.29, 1.82) is 0 Å². The number of aryl methyl sites for hydroxylation is 1. The van der Waals surface area contributed by atoms with Gasteiger partial charge < -0.3 is 10.1 Å². The lowest BCUT2D eigenvalue weighted by molar-refractivity contribution is 0.0976. The van der Waals surface area contributed by atoms with Gasteiger partial charge in [-0.25, -0.2) is 4.98 Å². The maximum Gasteiger partial charge on any atom is 0.222 e. The Balaban J connectivity index is 3.13. The van der Waals surface area contributed by atoms with E-state index < -0.39 is 0 Å². The number of ether oxygens (including phenoxy) is 1. The standard InChI is InChI=1S/C13H23N3O/c1-7-10-15-11(14-6)9(3)12(16-10)17-13(4,5)8-2/h7-8H2,1-6H3,(H,14,15,16).